The highest BCUT2D eigenvalue weighted by molar-refractivity contribution is 6.11. The van der Waals surface area contributed by atoms with Crippen LogP contribution in [0.2, 0.25) is 0 Å². The SMILES string of the molecule is CN=Cc1c(N2CCC3(CC2)CCN3C)ccc(C(=O)Nc2cc(F)c3nc(C)cn3c2)c1N. The maximum atomic E-state index is 14.4. The molecule has 2 aliphatic rings. The molecule has 0 radical (unpaired) electrons. The van der Waals surface area contributed by atoms with Crippen LogP contribution in [0.1, 0.15) is 40.9 Å². The molecule has 2 saturated heterocycles. The van der Waals surface area contributed by atoms with Gasteiger partial charge in [0.15, 0.2) is 11.5 Å². The Morgan fingerprint density at radius 2 is 1.97 bits per heavy atom. The van der Waals surface area contributed by atoms with Crippen LogP contribution < -0.4 is 16.0 Å². The number of nitrogens with zero attached hydrogens (tertiary/aromatic N) is 5. The summed E-state index contributed by atoms with van der Waals surface area (Å²) in [5.41, 5.74) is 10.5. The summed E-state index contributed by atoms with van der Waals surface area (Å²) in [6, 6.07) is 4.94. The topological polar surface area (TPSA) is 91.3 Å². The first-order chi connectivity index (χ1) is 16.3. The summed E-state index contributed by atoms with van der Waals surface area (Å²) in [4.78, 5) is 26.2. The first-order valence-electron chi connectivity index (χ1n) is 11.6. The molecule has 0 saturated carbocycles. The van der Waals surface area contributed by atoms with E-state index in [1.807, 2.05) is 6.07 Å². The van der Waals surface area contributed by atoms with E-state index in [4.69, 9.17) is 5.73 Å². The summed E-state index contributed by atoms with van der Waals surface area (Å²) in [5, 5.41) is 2.77. The lowest BCUT2D eigenvalue weighted by atomic mass is 9.77. The van der Waals surface area contributed by atoms with Crippen LogP contribution in [0.4, 0.5) is 21.5 Å². The minimum atomic E-state index is -0.506. The Labute approximate surface area is 198 Å². The number of hydrogen-bond donors (Lipinski definition) is 2. The standard InChI is InChI=1S/C25H30FN7O/c1-16-14-33-15-17(12-20(26)23(33)29-16)30-24(34)18-4-5-21(19(13-28-2)22(18)27)32-10-7-25(8-11-32)6-9-31(25)3/h4-5,12-15H,6-11,27H2,1-3H3,(H,30,34). The number of piperidine rings is 1. The van der Waals surface area contributed by atoms with Crippen molar-refractivity contribution in [3.05, 3.63) is 53.2 Å². The van der Waals surface area contributed by atoms with E-state index in [0.29, 0.717) is 28.2 Å². The number of anilines is 3. The zero-order valence-corrected chi connectivity index (χ0v) is 19.8. The number of benzene rings is 1. The van der Waals surface area contributed by atoms with Crippen LogP contribution in [0.15, 0.2) is 35.6 Å². The fraction of sp³-hybridized carbons (Fsp3) is 0.400. The van der Waals surface area contributed by atoms with Crippen molar-refractivity contribution in [3.8, 4) is 0 Å². The summed E-state index contributed by atoms with van der Waals surface area (Å²) >= 11 is 0. The molecule has 0 bridgehead atoms. The number of imidazole rings is 1. The van der Waals surface area contributed by atoms with Gasteiger partial charge >= 0.3 is 0 Å². The number of aromatic nitrogens is 2. The lowest BCUT2D eigenvalue weighted by Crippen LogP contribution is -2.62. The molecule has 1 amide bonds. The second kappa shape index (κ2) is 8.39. The number of pyridine rings is 1. The summed E-state index contributed by atoms with van der Waals surface area (Å²) in [5.74, 6) is -0.910. The van der Waals surface area contributed by atoms with Crippen molar-refractivity contribution in [2.45, 2.75) is 31.7 Å². The minimum Gasteiger partial charge on any atom is -0.397 e. The fourth-order valence-electron chi connectivity index (χ4n) is 5.26. The number of aryl methyl sites for hydroxylation is 1. The van der Waals surface area contributed by atoms with Gasteiger partial charge in [0.2, 0.25) is 0 Å². The van der Waals surface area contributed by atoms with E-state index in [2.05, 4.69) is 32.1 Å². The maximum Gasteiger partial charge on any atom is 0.257 e. The Hall–Kier alpha value is -3.46. The van der Waals surface area contributed by atoms with Crippen LogP contribution in [0.5, 0.6) is 0 Å². The van der Waals surface area contributed by atoms with Gasteiger partial charge in [-0.25, -0.2) is 9.37 Å². The minimum absolute atomic E-state index is 0.220. The first kappa shape index (κ1) is 22.3. The van der Waals surface area contributed by atoms with Crippen molar-refractivity contribution in [1.82, 2.24) is 14.3 Å². The Morgan fingerprint density at radius 1 is 1.24 bits per heavy atom. The third kappa shape index (κ3) is 3.69. The molecule has 0 atom stereocenters. The van der Waals surface area contributed by atoms with Gasteiger partial charge in [-0.15, -0.1) is 0 Å². The number of likely N-dealkylation sites (tertiary alicyclic amines) is 1. The van der Waals surface area contributed by atoms with Crippen molar-refractivity contribution in [2.75, 3.05) is 49.7 Å². The van der Waals surface area contributed by atoms with Gasteiger partial charge in [0.05, 0.1) is 22.6 Å². The van der Waals surface area contributed by atoms with E-state index < -0.39 is 11.7 Å². The third-order valence-electron chi connectivity index (χ3n) is 7.41. The molecule has 3 N–H and O–H groups in total. The van der Waals surface area contributed by atoms with Crippen LogP contribution >= 0.6 is 0 Å². The summed E-state index contributed by atoms with van der Waals surface area (Å²) in [6.45, 7) is 4.82. The van der Waals surface area contributed by atoms with Gasteiger partial charge in [0.1, 0.15) is 0 Å². The highest BCUT2D eigenvalue weighted by Crippen LogP contribution is 2.40. The average Bonchev–Trinajstić information content (AvgIpc) is 3.20. The van der Waals surface area contributed by atoms with Crippen LogP contribution in [0.25, 0.3) is 5.65 Å². The number of carbonyl (C=O) groups excluding carboxylic acids is 1. The van der Waals surface area contributed by atoms with Gasteiger partial charge in [-0.3, -0.25) is 9.79 Å². The van der Waals surface area contributed by atoms with Crippen molar-refractivity contribution < 1.29 is 9.18 Å². The normalized spacial score (nSPS) is 18.1. The molecular formula is C25H30FN7O. The lowest BCUT2D eigenvalue weighted by Gasteiger charge is -2.55. The molecule has 2 fully saturated rings. The molecule has 0 unspecified atom stereocenters. The fourth-order valence-corrected chi connectivity index (χ4v) is 5.26. The Bertz CT molecular complexity index is 1290. The zero-order chi connectivity index (χ0) is 24.0. The molecule has 3 aromatic rings. The number of nitrogen functional groups attached to an aromatic ring is 1. The quantitative estimate of drug-likeness (QED) is 0.457. The average molecular weight is 464 g/mol. The number of aliphatic imine (C=N–C) groups is 1. The molecule has 9 heteroatoms. The van der Waals surface area contributed by atoms with Crippen molar-refractivity contribution in [2.24, 2.45) is 4.99 Å². The van der Waals surface area contributed by atoms with Crippen LogP contribution in [0.3, 0.4) is 0 Å². The Kier molecular flexibility index (Phi) is 5.51. The number of amides is 1. The number of rotatable bonds is 4. The number of fused-ring (bicyclic) bond motifs is 1. The summed E-state index contributed by atoms with van der Waals surface area (Å²) < 4.78 is 16.0. The highest BCUT2D eigenvalue weighted by Gasteiger charge is 2.44. The second-order valence-corrected chi connectivity index (χ2v) is 9.37. The molecule has 8 nitrogen and oxygen atoms in total. The largest absolute Gasteiger partial charge is 0.397 e. The third-order valence-corrected chi connectivity index (χ3v) is 7.41. The zero-order valence-electron chi connectivity index (χ0n) is 19.8. The van der Waals surface area contributed by atoms with Gasteiger partial charge in [-0.05, 0) is 45.4 Å². The maximum absolute atomic E-state index is 14.4. The van der Waals surface area contributed by atoms with E-state index in [0.717, 1.165) is 37.2 Å². The van der Waals surface area contributed by atoms with Crippen LogP contribution in [-0.4, -0.2) is 65.7 Å². The van der Waals surface area contributed by atoms with Crippen molar-refractivity contribution in [1.29, 1.82) is 0 Å². The smallest absolute Gasteiger partial charge is 0.257 e. The highest BCUT2D eigenvalue weighted by atomic mass is 19.1. The van der Waals surface area contributed by atoms with Crippen LogP contribution in [-0.2, 0) is 0 Å². The van der Waals surface area contributed by atoms with Gasteiger partial charge < -0.3 is 25.3 Å². The van der Waals surface area contributed by atoms with Gasteiger partial charge in [0, 0.05) is 68.1 Å². The summed E-state index contributed by atoms with van der Waals surface area (Å²) in [7, 11) is 3.90. The number of hydrogen-bond acceptors (Lipinski definition) is 6. The molecule has 34 heavy (non-hydrogen) atoms. The number of nitrogens with one attached hydrogen (secondary N) is 1. The van der Waals surface area contributed by atoms with Crippen molar-refractivity contribution >= 4 is 34.8 Å². The van der Waals surface area contributed by atoms with E-state index in [9.17, 15) is 9.18 Å². The number of halogens is 1. The van der Waals surface area contributed by atoms with Gasteiger partial charge in [-0.1, -0.05) is 0 Å². The molecule has 2 aromatic heterocycles. The van der Waals surface area contributed by atoms with E-state index >= 15 is 0 Å². The van der Waals surface area contributed by atoms with E-state index in [-0.39, 0.29) is 5.65 Å². The molecule has 2 aliphatic heterocycles. The molecule has 0 aliphatic carbocycles. The van der Waals surface area contributed by atoms with E-state index in [1.165, 1.54) is 19.0 Å². The number of nitrogens with two attached hydrogens (primary N) is 1. The number of carbonyl (C=O) groups is 1. The molecule has 1 spiro atoms. The van der Waals surface area contributed by atoms with Gasteiger partial charge in [-0.2, -0.15) is 0 Å². The molecule has 5 rings (SSSR count). The van der Waals surface area contributed by atoms with Gasteiger partial charge in [0.25, 0.3) is 5.91 Å². The lowest BCUT2D eigenvalue weighted by molar-refractivity contribution is -0.00915. The monoisotopic (exact) mass is 463 g/mol. The molecule has 1 aromatic carbocycles. The van der Waals surface area contributed by atoms with Crippen molar-refractivity contribution in [3.63, 3.8) is 0 Å². The second-order valence-electron chi connectivity index (χ2n) is 9.37. The predicted molar refractivity (Wildman–Crippen MR) is 134 cm³/mol. The Morgan fingerprint density at radius 3 is 2.62 bits per heavy atom. The molecule has 4 heterocycles. The first-order valence-corrected chi connectivity index (χ1v) is 11.6. The molecular weight excluding hydrogens is 433 g/mol. The van der Waals surface area contributed by atoms with Crippen LogP contribution in [0, 0.1) is 12.7 Å². The predicted octanol–water partition coefficient (Wildman–Crippen LogP) is 3.34. The summed E-state index contributed by atoms with van der Waals surface area (Å²) in [6.07, 6.45) is 8.52. The van der Waals surface area contributed by atoms with E-state index in [1.54, 1.807) is 43.0 Å². The molecule has 178 valence electrons. The Balaban J connectivity index is 1.40.